The van der Waals surface area contributed by atoms with Crippen molar-refractivity contribution in [2.75, 3.05) is 14.2 Å². The van der Waals surface area contributed by atoms with E-state index in [1.807, 2.05) is 0 Å². The summed E-state index contributed by atoms with van der Waals surface area (Å²) in [5.74, 6) is 4.37. The third-order valence-corrected chi connectivity index (χ3v) is 6.54. The first kappa shape index (κ1) is 12.9. The summed E-state index contributed by atoms with van der Waals surface area (Å²) in [7, 11) is 3.51. The van der Waals surface area contributed by atoms with Gasteiger partial charge in [-0.25, -0.2) is 0 Å². The summed E-state index contributed by atoms with van der Waals surface area (Å²) in [5, 5.41) is 0. The van der Waals surface area contributed by atoms with E-state index in [4.69, 9.17) is 14.2 Å². The van der Waals surface area contributed by atoms with Crippen molar-refractivity contribution in [3.05, 3.63) is 35.1 Å². The van der Waals surface area contributed by atoms with E-state index in [-0.39, 0.29) is 11.5 Å². The van der Waals surface area contributed by atoms with Gasteiger partial charge in [0.15, 0.2) is 17.6 Å². The summed E-state index contributed by atoms with van der Waals surface area (Å²) >= 11 is 0. The molecule has 3 aliphatic carbocycles. The van der Waals surface area contributed by atoms with Crippen molar-refractivity contribution < 1.29 is 14.2 Å². The summed E-state index contributed by atoms with van der Waals surface area (Å²) in [6.07, 6.45) is 8.52. The van der Waals surface area contributed by atoms with E-state index in [2.05, 4.69) is 18.2 Å². The largest absolute Gasteiger partial charge is 0.497 e. The molecule has 1 aliphatic heterocycles. The van der Waals surface area contributed by atoms with Crippen LogP contribution >= 0.6 is 0 Å². The minimum Gasteiger partial charge on any atom is -0.497 e. The Kier molecular flexibility index (Phi) is 2.46. The maximum Gasteiger partial charge on any atom is 0.166 e. The highest BCUT2D eigenvalue weighted by molar-refractivity contribution is 5.61. The molecule has 22 heavy (non-hydrogen) atoms. The molecule has 116 valence electrons. The molecule has 1 saturated carbocycles. The average molecular weight is 298 g/mol. The smallest absolute Gasteiger partial charge is 0.166 e. The van der Waals surface area contributed by atoms with E-state index >= 15 is 0 Å². The molecule has 5 rings (SSSR count). The van der Waals surface area contributed by atoms with E-state index in [9.17, 15) is 0 Å². The third kappa shape index (κ3) is 1.30. The molecular formula is C19H22O3. The highest BCUT2D eigenvalue weighted by Crippen LogP contribution is 2.65. The van der Waals surface area contributed by atoms with Gasteiger partial charge in [-0.15, -0.1) is 0 Å². The van der Waals surface area contributed by atoms with Crippen LogP contribution in [0.4, 0.5) is 0 Å². The van der Waals surface area contributed by atoms with Gasteiger partial charge in [-0.1, -0.05) is 12.5 Å². The maximum absolute atomic E-state index is 6.49. The summed E-state index contributed by atoms with van der Waals surface area (Å²) in [4.78, 5) is 0. The Morgan fingerprint density at radius 2 is 2.14 bits per heavy atom. The highest BCUT2D eigenvalue weighted by Gasteiger charge is 2.63. The van der Waals surface area contributed by atoms with Crippen molar-refractivity contribution in [2.24, 2.45) is 11.8 Å². The van der Waals surface area contributed by atoms with Crippen LogP contribution in [0.15, 0.2) is 24.0 Å². The molecule has 2 bridgehead atoms. The van der Waals surface area contributed by atoms with Crippen molar-refractivity contribution in [3.8, 4) is 11.5 Å². The van der Waals surface area contributed by atoms with Gasteiger partial charge >= 0.3 is 0 Å². The van der Waals surface area contributed by atoms with Crippen LogP contribution in [0, 0.1) is 11.8 Å². The Morgan fingerprint density at radius 3 is 2.95 bits per heavy atom. The number of allylic oxidation sites excluding steroid dienone is 1. The Morgan fingerprint density at radius 1 is 1.23 bits per heavy atom. The van der Waals surface area contributed by atoms with Gasteiger partial charge in [0, 0.05) is 11.0 Å². The van der Waals surface area contributed by atoms with Gasteiger partial charge in [0.05, 0.1) is 14.2 Å². The predicted octanol–water partition coefficient (Wildman–Crippen LogP) is 3.60. The highest BCUT2D eigenvalue weighted by atomic mass is 16.6. The normalized spacial score (nSPS) is 37.0. The van der Waals surface area contributed by atoms with Crippen LogP contribution in [0.2, 0.25) is 0 Å². The molecule has 1 heterocycles. The van der Waals surface area contributed by atoms with E-state index in [0.29, 0.717) is 5.92 Å². The first-order valence-corrected chi connectivity index (χ1v) is 8.40. The van der Waals surface area contributed by atoms with Crippen LogP contribution in [-0.2, 0) is 16.6 Å². The fourth-order valence-corrected chi connectivity index (χ4v) is 5.80. The molecular weight excluding hydrogens is 276 g/mol. The molecule has 0 amide bonds. The van der Waals surface area contributed by atoms with Crippen molar-refractivity contribution in [2.45, 2.75) is 43.6 Å². The molecule has 0 unspecified atom stereocenters. The molecule has 0 aromatic heterocycles. The second kappa shape index (κ2) is 4.21. The van der Waals surface area contributed by atoms with Crippen molar-refractivity contribution in [3.63, 3.8) is 0 Å². The predicted molar refractivity (Wildman–Crippen MR) is 83.3 cm³/mol. The number of methoxy groups -OCH3 is 2. The first-order chi connectivity index (χ1) is 10.8. The van der Waals surface area contributed by atoms with Crippen molar-refractivity contribution >= 4 is 0 Å². The van der Waals surface area contributed by atoms with Crippen molar-refractivity contribution in [1.29, 1.82) is 0 Å². The Labute approximate surface area is 131 Å². The quantitative estimate of drug-likeness (QED) is 0.835. The van der Waals surface area contributed by atoms with Crippen LogP contribution in [0.25, 0.3) is 0 Å². The number of benzene rings is 1. The lowest BCUT2D eigenvalue weighted by molar-refractivity contribution is 0.00262. The fraction of sp³-hybridized carbons (Fsp3) is 0.579. The average Bonchev–Trinajstić information content (AvgIpc) is 2.88. The van der Waals surface area contributed by atoms with E-state index in [1.54, 1.807) is 14.2 Å². The molecule has 0 radical (unpaired) electrons. The lowest BCUT2D eigenvalue weighted by atomic mass is 9.49. The number of hydrogen-bond donors (Lipinski definition) is 0. The number of ether oxygens (including phenoxy) is 3. The van der Waals surface area contributed by atoms with E-state index in [0.717, 1.165) is 29.6 Å². The molecule has 1 aromatic carbocycles. The SMILES string of the molecule is COC1=CC[C@H]2[C@@H]3CCC[C@@]24c2c(ccc(OC)c2O[C@@H]14)C3. The van der Waals surface area contributed by atoms with Crippen LogP contribution in [-0.4, -0.2) is 20.3 Å². The zero-order valence-electron chi connectivity index (χ0n) is 13.2. The third-order valence-electron chi connectivity index (χ3n) is 6.54. The van der Waals surface area contributed by atoms with E-state index in [1.165, 1.54) is 36.8 Å². The van der Waals surface area contributed by atoms with Gasteiger partial charge in [0.1, 0.15) is 5.76 Å². The van der Waals surface area contributed by atoms with Gasteiger partial charge < -0.3 is 14.2 Å². The molecule has 0 N–H and O–H groups in total. The Hall–Kier alpha value is -1.64. The summed E-state index contributed by atoms with van der Waals surface area (Å²) in [6.45, 7) is 0. The topological polar surface area (TPSA) is 27.7 Å². The van der Waals surface area contributed by atoms with E-state index < -0.39 is 0 Å². The number of hydrogen-bond acceptors (Lipinski definition) is 3. The van der Waals surface area contributed by atoms with Crippen LogP contribution in [0.1, 0.15) is 36.8 Å². The summed E-state index contributed by atoms with van der Waals surface area (Å²) in [6, 6.07) is 4.35. The Bertz CT molecular complexity index is 678. The van der Waals surface area contributed by atoms with Gasteiger partial charge in [0.2, 0.25) is 0 Å². The maximum atomic E-state index is 6.49. The van der Waals surface area contributed by atoms with Crippen LogP contribution < -0.4 is 9.47 Å². The van der Waals surface area contributed by atoms with Gasteiger partial charge in [-0.2, -0.15) is 0 Å². The molecule has 3 nitrogen and oxygen atoms in total. The van der Waals surface area contributed by atoms with Crippen LogP contribution in [0.3, 0.4) is 0 Å². The monoisotopic (exact) mass is 298 g/mol. The Balaban J connectivity index is 1.81. The molecule has 4 atom stereocenters. The summed E-state index contributed by atoms with van der Waals surface area (Å²) in [5.41, 5.74) is 3.05. The lowest BCUT2D eigenvalue weighted by Gasteiger charge is -2.53. The molecule has 3 heteroatoms. The summed E-state index contributed by atoms with van der Waals surface area (Å²) < 4.78 is 17.8. The van der Waals surface area contributed by atoms with Crippen LogP contribution in [0.5, 0.6) is 11.5 Å². The van der Waals surface area contributed by atoms with Gasteiger partial charge in [-0.3, -0.25) is 0 Å². The fourth-order valence-electron chi connectivity index (χ4n) is 5.80. The molecule has 1 spiro atoms. The van der Waals surface area contributed by atoms with Crippen molar-refractivity contribution in [1.82, 2.24) is 0 Å². The minimum absolute atomic E-state index is 0.0457. The zero-order valence-corrected chi connectivity index (χ0v) is 13.2. The second-order valence-corrected chi connectivity index (χ2v) is 7.18. The molecule has 0 saturated heterocycles. The second-order valence-electron chi connectivity index (χ2n) is 7.18. The zero-order chi connectivity index (χ0) is 14.9. The minimum atomic E-state index is 0.0457. The van der Waals surface area contributed by atoms with Gasteiger partial charge in [0.25, 0.3) is 0 Å². The number of rotatable bonds is 2. The standard InChI is InChI=1S/C19H22O3/c1-20-14-7-5-12-10-11-4-3-9-19-13(11)6-8-15(21-2)18(19)22-17(14)16(12)19/h5,7-8,11,13,18H,3-4,6,9-10H2,1-2H3/t11-,13+,18+,19+/m1/s1. The van der Waals surface area contributed by atoms with Gasteiger partial charge in [-0.05, 0) is 55.2 Å². The molecule has 1 aromatic rings. The molecule has 1 fully saturated rings. The molecule has 4 aliphatic rings. The lowest BCUT2D eigenvalue weighted by Crippen LogP contribution is -2.55. The first-order valence-electron chi connectivity index (χ1n) is 8.40.